The van der Waals surface area contributed by atoms with E-state index in [1.54, 1.807) is 0 Å². The van der Waals surface area contributed by atoms with E-state index < -0.39 is 25.7 Å². The molecule has 76 valence electrons. The number of nitrogens with two attached hydrogens (primary N) is 1. The van der Waals surface area contributed by atoms with Crippen molar-refractivity contribution in [3.05, 3.63) is 29.6 Å². The van der Waals surface area contributed by atoms with Gasteiger partial charge >= 0.3 is 0 Å². The van der Waals surface area contributed by atoms with Gasteiger partial charge in [0.1, 0.15) is 5.82 Å². The molecule has 0 aliphatic heterocycles. The van der Waals surface area contributed by atoms with E-state index in [-0.39, 0.29) is 5.56 Å². The van der Waals surface area contributed by atoms with Crippen molar-refractivity contribution in [3.63, 3.8) is 0 Å². The number of hydrogen-bond acceptors (Lipinski definition) is 3. The van der Waals surface area contributed by atoms with Crippen molar-refractivity contribution in [3.8, 4) is 0 Å². The zero-order chi connectivity index (χ0) is 10.9. The molecular formula is C7H5ClFNO3S. The van der Waals surface area contributed by atoms with Gasteiger partial charge in [-0.25, -0.2) is 12.8 Å². The standard InChI is InChI=1S/C7H5ClFNO3S/c8-14(12,13)6-2-4(7(10)11)1-5(9)3-6/h1-3H,(H2,10,11). The minimum atomic E-state index is -4.06. The lowest BCUT2D eigenvalue weighted by Crippen LogP contribution is -2.12. The van der Waals surface area contributed by atoms with Crippen molar-refractivity contribution in [2.24, 2.45) is 5.73 Å². The second-order valence-corrected chi connectivity index (χ2v) is 5.04. The molecule has 0 saturated heterocycles. The molecule has 0 aliphatic rings. The normalized spacial score (nSPS) is 11.3. The van der Waals surface area contributed by atoms with Crippen molar-refractivity contribution >= 4 is 25.6 Å². The third kappa shape index (κ3) is 2.43. The molecule has 0 unspecified atom stereocenters. The third-order valence-corrected chi connectivity index (χ3v) is 2.77. The van der Waals surface area contributed by atoms with Gasteiger partial charge in [0.05, 0.1) is 4.90 Å². The number of amides is 1. The van der Waals surface area contributed by atoms with Crippen LogP contribution in [-0.4, -0.2) is 14.3 Å². The zero-order valence-corrected chi connectivity index (χ0v) is 8.27. The number of rotatable bonds is 2. The fraction of sp³-hybridized carbons (Fsp3) is 0. The molecule has 14 heavy (non-hydrogen) atoms. The summed E-state index contributed by atoms with van der Waals surface area (Å²) in [5.74, 6) is -1.81. The Morgan fingerprint density at radius 3 is 2.36 bits per heavy atom. The first-order valence-electron chi connectivity index (χ1n) is 3.36. The van der Waals surface area contributed by atoms with E-state index in [0.29, 0.717) is 6.07 Å². The highest BCUT2D eigenvalue weighted by Crippen LogP contribution is 2.17. The van der Waals surface area contributed by atoms with E-state index in [4.69, 9.17) is 16.4 Å². The van der Waals surface area contributed by atoms with Crippen LogP contribution in [0.5, 0.6) is 0 Å². The largest absolute Gasteiger partial charge is 0.366 e. The first kappa shape index (κ1) is 10.9. The molecule has 0 heterocycles. The lowest BCUT2D eigenvalue weighted by atomic mass is 10.2. The van der Waals surface area contributed by atoms with E-state index in [1.807, 2.05) is 0 Å². The van der Waals surface area contributed by atoms with Crippen LogP contribution in [0.2, 0.25) is 0 Å². The Morgan fingerprint density at radius 2 is 1.93 bits per heavy atom. The predicted octanol–water partition coefficient (Wildman–Crippen LogP) is 0.852. The molecule has 0 aliphatic carbocycles. The molecule has 0 saturated carbocycles. The van der Waals surface area contributed by atoms with E-state index >= 15 is 0 Å². The minimum absolute atomic E-state index is 0.246. The molecule has 4 nitrogen and oxygen atoms in total. The van der Waals surface area contributed by atoms with Crippen LogP contribution in [0.25, 0.3) is 0 Å². The number of primary amides is 1. The molecule has 0 radical (unpaired) electrons. The first-order chi connectivity index (χ1) is 6.30. The van der Waals surface area contributed by atoms with Gasteiger partial charge in [0.2, 0.25) is 5.91 Å². The lowest BCUT2D eigenvalue weighted by Gasteiger charge is -1.99. The Hall–Kier alpha value is -1.14. The highest BCUT2D eigenvalue weighted by atomic mass is 35.7. The Balaban J connectivity index is 3.43. The van der Waals surface area contributed by atoms with Crippen LogP contribution in [0, 0.1) is 5.82 Å². The molecule has 1 amide bonds. The van der Waals surface area contributed by atoms with Crippen LogP contribution in [0.3, 0.4) is 0 Å². The van der Waals surface area contributed by atoms with Crippen LogP contribution >= 0.6 is 10.7 Å². The molecule has 0 spiro atoms. The Morgan fingerprint density at radius 1 is 1.36 bits per heavy atom. The SMILES string of the molecule is NC(=O)c1cc(F)cc(S(=O)(=O)Cl)c1. The Kier molecular flexibility index (Phi) is 2.77. The first-order valence-corrected chi connectivity index (χ1v) is 5.66. The van der Waals surface area contributed by atoms with Crippen molar-refractivity contribution in [2.75, 3.05) is 0 Å². The number of benzene rings is 1. The van der Waals surface area contributed by atoms with Crippen LogP contribution in [0.4, 0.5) is 4.39 Å². The summed E-state index contributed by atoms with van der Waals surface area (Å²) in [6, 6.07) is 2.44. The van der Waals surface area contributed by atoms with Crippen molar-refractivity contribution in [2.45, 2.75) is 4.90 Å². The predicted molar refractivity (Wildman–Crippen MR) is 48.0 cm³/mol. The number of halogens is 2. The maximum Gasteiger partial charge on any atom is 0.261 e. The summed E-state index contributed by atoms with van der Waals surface area (Å²) in [6.07, 6.45) is 0. The molecule has 0 bridgehead atoms. The average Bonchev–Trinajstić information content (AvgIpc) is 2.01. The van der Waals surface area contributed by atoms with Gasteiger partial charge in [-0.2, -0.15) is 0 Å². The lowest BCUT2D eigenvalue weighted by molar-refractivity contribution is 0.0999. The average molecular weight is 238 g/mol. The topological polar surface area (TPSA) is 77.2 Å². The highest BCUT2D eigenvalue weighted by molar-refractivity contribution is 8.13. The summed E-state index contributed by atoms with van der Waals surface area (Å²) in [6.45, 7) is 0. The van der Waals surface area contributed by atoms with E-state index in [9.17, 15) is 17.6 Å². The number of carbonyl (C=O) groups is 1. The summed E-state index contributed by atoms with van der Waals surface area (Å²) >= 11 is 0. The van der Waals surface area contributed by atoms with Crippen molar-refractivity contribution < 1.29 is 17.6 Å². The van der Waals surface area contributed by atoms with E-state index in [1.165, 1.54) is 0 Å². The van der Waals surface area contributed by atoms with Gasteiger partial charge in [0, 0.05) is 16.2 Å². The monoisotopic (exact) mass is 237 g/mol. The maximum atomic E-state index is 12.8. The summed E-state index contributed by atoms with van der Waals surface area (Å²) < 4.78 is 34.4. The van der Waals surface area contributed by atoms with Crippen molar-refractivity contribution in [1.29, 1.82) is 0 Å². The third-order valence-electron chi connectivity index (χ3n) is 1.44. The molecule has 1 aromatic rings. The van der Waals surface area contributed by atoms with Crippen molar-refractivity contribution in [1.82, 2.24) is 0 Å². The van der Waals surface area contributed by atoms with Crippen LogP contribution in [-0.2, 0) is 9.05 Å². The molecule has 0 fully saturated rings. The molecular weight excluding hydrogens is 233 g/mol. The molecule has 7 heteroatoms. The van der Waals surface area contributed by atoms with Gasteiger partial charge in [-0.15, -0.1) is 0 Å². The van der Waals surface area contributed by atoms with Crippen LogP contribution < -0.4 is 5.73 Å². The van der Waals surface area contributed by atoms with Crippen LogP contribution in [0.1, 0.15) is 10.4 Å². The zero-order valence-electron chi connectivity index (χ0n) is 6.70. The minimum Gasteiger partial charge on any atom is -0.366 e. The van der Waals surface area contributed by atoms with Gasteiger partial charge in [0.15, 0.2) is 0 Å². The molecule has 1 rings (SSSR count). The molecule has 1 aromatic carbocycles. The Labute approximate surface area is 83.9 Å². The smallest absolute Gasteiger partial charge is 0.261 e. The summed E-state index contributed by atoms with van der Waals surface area (Å²) in [7, 11) is 0.904. The van der Waals surface area contributed by atoms with Gasteiger partial charge in [-0.1, -0.05) is 0 Å². The second-order valence-electron chi connectivity index (χ2n) is 2.48. The number of hydrogen-bond donors (Lipinski definition) is 1. The summed E-state index contributed by atoms with van der Waals surface area (Å²) in [4.78, 5) is 10.2. The summed E-state index contributed by atoms with van der Waals surface area (Å²) in [5, 5.41) is 0. The van der Waals surface area contributed by atoms with E-state index in [0.717, 1.165) is 12.1 Å². The molecule has 0 aromatic heterocycles. The fourth-order valence-electron chi connectivity index (χ4n) is 0.846. The van der Waals surface area contributed by atoms with Crippen LogP contribution in [0.15, 0.2) is 23.1 Å². The molecule has 0 atom stereocenters. The molecule has 2 N–H and O–H groups in total. The van der Waals surface area contributed by atoms with Gasteiger partial charge < -0.3 is 5.73 Å². The van der Waals surface area contributed by atoms with Gasteiger partial charge in [-0.3, -0.25) is 4.79 Å². The quantitative estimate of drug-likeness (QED) is 0.775. The van der Waals surface area contributed by atoms with Gasteiger partial charge in [0.25, 0.3) is 9.05 Å². The fourth-order valence-corrected chi connectivity index (χ4v) is 1.63. The number of carbonyl (C=O) groups excluding carboxylic acids is 1. The highest BCUT2D eigenvalue weighted by Gasteiger charge is 2.14. The Bertz CT molecular complexity index is 486. The van der Waals surface area contributed by atoms with Gasteiger partial charge in [-0.05, 0) is 18.2 Å². The maximum absolute atomic E-state index is 12.8. The van der Waals surface area contributed by atoms with E-state index in [2.05, 4.69) is 0 Å². The second kappa shape index (κ2) is 3.55. The summed E-state index contributed by atoms with van der Waals surface area (Å²) in [5.41, 5.74) is 4.61.